The summed E-state index contributed by atoms with van der Waals surface area (Å²) in [6.07, 6.45) is -6.03. The van der Waals surface area contributed by atoms with Gasteiger partial charge in [-0.15, -0.1) is 0 Å². The molecule has 1 aliphatic heterocycles. The minimum atomic E-state index is -5.64. The van der Waals surface area contributed by atoms with E-state index in [0.717, 1.165) is 0 Å². The highest BCUT2D eigenvalue weighted by molar-refractivity contribution is 5.58. The number of rotatable bonds is 3. The Kier molecular flexibility index (Phi) is 4.27. The van der Waals surface area contributed by atoms with Gasteiger partial charge in [-0.1, -0.05) is 20.8 Å². The molecule has 0 aromatic carbocycles. The minimum absolute atomic E-state index is 0.0122. The van der Waals surface area contributed by atoms with Gasteiger partial charge in [0, 0.05) is 6.04 Å². The van der Waals surface area contributed by atoms with Crippen LogP contribution in [0.4, 0.5) is 22.0 Å². The Balaban J connectivity index is 3.10. The van der Waals surface area contributed by atoms with Crippen molar-refractivity contribution in [2.24, 2.45) is 10.5 Å². The fraction of sp³-hybridized carbons (Fsp3) is 0.917. The van der Waals surface area contributed by atoms with Gasteiger partial charge in [-0.25, -0.2) is 0 Å². The zero-order valence-electron chi connectivity index (χ0n) is 12.2. The fourth-order valence-electron chi connectivity index (χ4n) is 2.02. The Labute approximate surface area is 115 Å². The van der Waals surface area contributed by atoms with E-state index in [0.29, 0.717) is 6.34 Å². The van der Waals surface area contributed by atoms with E-state index in [-0.39, 0.29) is 17.4 Å². The molecule has 0 radical (unpaired) electrons. The van der Waals surface area contributed by atoms with Gasteiger partial charge in [0.05, 0.1) is 0 Å². The van der Waals surface area contributed by atoms with Gasteiger partial charge < -0.3 is 0 Å². The first-order valence-electron chi connectivity index (χ1n) is 6.33. The van der Waals surface area contributed by atoms with Gasteiger partial charge in [-0.05, 0) is 25.7 Å². The van der Waals surface area contributed by atoms with Crippen molar-refractivity contribution in [1.29, 1.82) is 0 Å². The molecule has 1 atom stereocenters. The lowest BCUT2D eigenvalue weighted by Gasteiger charge is -2.40. The molecule has 118 valence electrons. The van der Waals surface area contributed by atoms with Crippen LogP contribution < -0.4 is 0 Å². The maximum Gasteiger partial charge on any atom is 0.475 e. The van der Waals surface area contributed by atoms with Crippen molar-refractivity contribution in [2.45, 2.75) is 65.5 Å². The number of nitrogens with zero attached hydrogens (tertiary/aromatic N) is 3. The van der Waals surface area contributed by atoms with E-state index in [2.05, 4.69) is 5.10 Å². The monoisotopic (exact) mass is 301 g/mol. The van der Waals surface area contributed by atoms with Crippen molar-refractivity contribution in [1.82, 2.24) is 9.91 Å². The molecule has 0 fully saturated rings. The predicted octanol–water partition coefficient (Wildman–Crippen LogP) is 3.87. The van der Waals surface area contributed by atoms with Crippen molar-refractivity contribution in [3.63, 3.8) is 0 Å². The molecule has 1 rings (SSSR count). The van der Waals surface area contributed by atoms with Crippen LogP contribution in [0.2, 0.25) is 0 Å². The van der Waals surface area contributed by atoms with E-state index in [1.165, 1.54) is 5.01 Å². The van der Waals surface area contributed by atoms with E-state index >= 15 is 0 Å². The van der Waals surface area contributed by atoms with Gasteiger partial charge in [-0.2, -0.15) is 27.1 Å². The number of hydrogen-bond donors (Lipinski definition) is 0. The van der Waals surface area contributed by atoms with E-state index in [1.54, 1.807) is 34.6 Å². The molecule has 0 amide bonds. The third-order valence-electron chi connectivity index (χ3n) is 2.93. The van der Waals surface area contributed by atoms with Crippen LogP contribution in [0.5, 0.6) is 0 Å². The molecule has 3 nitrogen and oxygen atoms in total. The molecule has 0 N–H and O–H groups in total. The van der Waals surface area contributed by atoms with Gasteiger partial charge in [0.25, 0.3) is 0 Å². The Morgan fingerprint density at radius 3 is 1.95 bits per heavy atom. The first kappa shape index (κ1) is 17.0. The van der Waals surface area contributed by atoms with Crippen molar-refractivity contribution >= 4 is 6.34 Å². The largest absolute Gasteiger partial charge is 0.475 e. The van der Waals surface area contributed by atoms with E-state index < -0.39 is 23.8 Å². The average molecular weight is 301 g/mol. The van der Waals surface area contributed by atoms with Crippen LogP contribution in [0, 0.1) is 5.41 Å². The normalized spacial score (nSPS) is 21.2. The zero-order chi connectivity index (χ0) is 15.9. The van der Waals surface area contributed by atoms with Gasteiger partial charge in [0.15, 0.2) is 0 Å². The van der Waals surface area contributed by atoms with Crippen molar-refractivity contribution < 1.29 is 22.0 Å². The third kappa shape index (κ3) is 3.32. The summed E-state index contributed by atoms with van der Waals surface area (Å²) < 4.78 is 64.8. The Hall–Kier alpha value is -1.08. The molecule has 0 aliphatic carbocycles. The maximum atomic E-state index is 13.6. The second-order valence-electron chi connectivity index (χ2n) is 6.40. The molecule has 1 heterocycles. The molecule has 1 aliphatic rings. The number of hydrogen-bond acceptors (Lipinski definition) is 3. The minimum Gasteiger partial charge on any atom is -0.272 e. The number of halogens is 5. The van der Waals surface area contributed by atoms with Gasteiger partial charge in [0.1, 0.15) is 12.5 Å². The van der Waals surface area contributed by atoms with Crippen LogP contribution in [-0.4, -0.2) is 40.7 Å². The molecule has 0 saturated carbocycles. The summed E-state index contributed by atoms with van der Waals surface area (Å²) in [6.45, 7) is 8.75. The summed E-state index contributed by atoms with van der Waals surface area (Å²) in [5.41, 5.74) is -0.411. The van der Waals surface area contributed by atoms with Crippen molar-refractivity contribution in [3.8, 4) is 0 Å². The highest BCUT2D eigenvalue weighted by Crippen LogP contribution is 2.42. The zero-order valence-corrected chi connectivity index (χ0v) is 12.2. The van der Waals surface area contributed by atoms with Crippen LogP contribution in [0.15, 0.2) is 5.10 Å². The highest BCUT2D eigenvalue weighted by Gasteiger charge is 2.64. The lowest BCUT2D eigenvalue weighted by Crippen LogP contribution is -2.58. The quantitative estimate of drug-likeness (QED) is 0.582. The molecule has 0 bridgehead atoms. The van der Waals surface area contributed by atoms with Gasteiger partial charge in [0.2, 0.25) is 0 Å². The topological polar surface area (TPSA) is 18.8 Å². The summed E-state index contributed by atoms with van der Waals surface area (Å²) in [7, 11) is 0. The lowest BCUT2D eigenvalue weighted by atomic mass is 9.90. The summed E-state index contributed by atoms with van der Waals surface area (Å²) in [4.78, 5) is 0.0122. The van der Waals surface area contributed by atoms with Crippen LogP contribution in [0.25, 0.3) is 0 Å². The summed E-state index contributed by atoms with van der Waals surface area (Å²) in [5.74, 6) is 0. The molecule has 0 spiro atoms. The van der Waals surface area contributed by atoms with Gasteiger partial charge >= 0.3 is 12.2 Å². The van der Waals surface area contributed by atoms with Crippen molar-refractivity contribution in [3.05, 3.63) is 0 Å². The SMILES string of the molecule is CC(C)N1N=CN(C(F)(F)C(F)(F)F)C1CC(C)(C)C. The number of alkyl halides is 5. The lowest BCUT2D eigenvalue weighted by molar-refractivity contribution is -0.335. The fourth-order valence-corrected chi connectivity index (χ4v) is 2.02. The molecule has 8 heteroatoms. The Morgan fingerprint density at radius 1 is 1.10 bits per heavy atom. The standard InChI is InChI=1S/C12H20F5N3/c1-8(2)20-9(6-10(3,4)5)19(7-18-20)12(16,17)11(13,14)15/h7-9H,6H2,1-5H3. The van der Waals surface area contributed by atoms with E-state index in [9.17, 15) is 22.0 Å². The Morgan fingerprint density at radius 2 is 1.60 bits per heavy atom. The van der Waals surface area contributed by atoms with Crippen LogP contribution in [-0.2, 0) is 0 Å². The first-order chi connectivity index (χ1) is 8.77. The second kappa shape index (κ2) is 5.04. The summed E-state index contributed by atoms with van der Waals surface area (Å²) >= 11 is 0. The van der Waals surface area contributed by atoms with Gasteiger partial charge in [-0.3, -0.25) is 9.91 Å². The van der Waals surface area contributed by atoms with Crippen LogP contribution >= 0.6 is 0 Å². The highest BCUT2D eigenvalue weighted by atomic mass is 19.4. The third-order valence-corrected chi connectivity index (χ3v) is 2.93. The van der Waals surface area contributed by atoms with Crippen LogP contribution in [0.1, 0.15) is 41.0 Å². The van der Waals surface area contributed by atoms with Crippen LogP contribution in [0.3, 0.4) is 0 Å². The molecule has 0 aromatic rings. The maximum absolute atomic E-state index is 13.6. The number of hydrazone groups is 1. The smallest absolute Gasteiger partial charge is 0.272 e. The first-order valence-corrected chi connectivity index (χ1v) is 6.33. The second-order valence-corrected chi connectivity index (χ2v) is 6.40. The van der Waals surface area contributed by atoms with E-state index in [4.69, 9.17) is 0 Å². The Bertz CT molecular complexity index is 370. The molecule has 1 unspecified atom stereocenters. The van der Waals surface area contributed by atoms with Crippen molar-refractivity contribution in [2.75, 3.05) is 0 Å². The molecule has 20 heavy (non-hydrogen) atoms. The molecular weight excluding hydrogens is 281 g/mol. The predicted molar refractivity (Wildman–Crippen MR) is 66.2 cm³/mol. The molecule has 0 saturated heterocycles. The molecule has 0 aromatic heterocycles. The average Bonchev–Trinajstić information content (AvgIpc) is 2.56. The molecular formula is C12H20F5N3. The summed E-state index contributed by atoms with van der Waals surface area (Å²) in [5, 5.41) is 5.00. The van der Waals surface area contributed by atoms with E-state index in [1.807, 2.05) is 0 Å². The summed E-state index contributed by atoms with van der Waals surface area (Å²) in [6, 6.07) is -5.21.